The summed E-state index contributed by atoms with van der Waals surface area (Å²) in [6.45, 7) is 5.51. The van der Waals surface area contributed by atoms with Crippen molar-refractivity contribution in [2.45, 2.75) is 19.8 Å². The van der Waals surface area contributed by atoms with Crippen molar-refractivity contribution in [3.8, 4) is 11.4 Å². The molecule has 13 heteroatoms. The number of hydrogen-bond acceptors (Lipinski definition) is 8. The van der Waals surface area contributed by atoms with E-state index in [9.17, 15) is 8.42 Å². The highest BCUT2D eigenvalue weighted by molar-refractivity contribution is 7.88. The summed E-state index contributed by atoms with van der Waals surface area (Å²) in [5.41, 5.74) is 1.96. The van der Waals surface area contributed by atoms with Crippen molar-refractivity contribution in [3.63, 3.8) is 0 Å². The Bertz CT molecular complexity index is 1620. The third-order valence-electron chi connectivity index (χ3n) is 6.44. The zero-order chi connectivity index (χ0) is 27.2. The summed E-state index contributed by atoms with van der Waals surface area (Å²) < 4.78 is 42.4. The molecule has 0 atom stereocenters. The Labute approximate surface area is 225 Å². The molecule has 200 valence electrons. The molecule has 0 aliphatic carbocycles. The largest absolute Gasteiger partial charge is 0.370 e. The maximum atomic E-state index is 15.4. The fourth-order valence-electron chi connectivity index (χ4n) is 4.67. The van der Waals surface area contributed by atoms with Crippen LogP contribution in [-0.2, 0) is 17.1 Å². The zero-order valence-electron chi connectivity index (χ0n) is 21.4. The highest BCUT2D eigenvalue weighted by Gasteiger charge is 2.30. The van der Waals surface area contributed by atoms with Gasteiger partial charge in [0, 0.05) is 62.3 Å². The monoisotopic (exact) mass is 558 g/mol. The molecule has 0 bridgehead atoms. The number of halogens is 2. The van der Waals surface area contributed by atoms with Gasteiger partial charge in [-0.2, -0.15) is 5.10 Å². The van der Waals surface area contributed by atoms with Crippen molar-refractivity contribution in [1.82, 2.24) is 29.5 Å². The van der Waals surface area contributed by atoms with Crippen LogP contribution >= 0.6 is 11.6 Å². The topological polar surface area (TPSA) is 118 Å². The first-order chi connectivity index (χ1) is 18.0. The van der Waals surface area contributed by atoms with Crippen LogP contribution in [0.25, 0.3) is 22.2 Å². The van der Waals surface area contributed by atoms with Crippen molar-refractivity contribution in [3.05, 3.63) is 53.3 Å². The van der Waals surface area contributed by atoms with Gasteiger partial charge in [0.25, 0.3) is 0 Å². The van der Waals surface area contributed by atoms with Crippen LogP contribution in [0.4, 0.5) is 21.7 Å². The maximum absolute atomic E-state index is 15.4. The van der Waals surface area contributed by atoms with Gasteiger partial charge in [0.05, 0.1) is 11.8 Å². The molecule has 0 saturated carbocycles. The van der Waals surface area contributed by atoms with E-state index in [1.807, 2.05) is 24.8 Å². The number of nitrogens with zero attached hydrogens (tertiary/aromatic N) is 6. The van der Waals surface area contributed by atoms with Crippen LogP contribution in [0.15, 0.2) is 36.8 Å². The first-order valence-corrected chi connectivity index (χ1v) is 14.4. The van der Waals surface area contributed by atoms with Gasteiger partial charge in [-0.25, -0.2) is 32.5 Å². The number of aromatic nitrogens is 5. The first-order valence-electron chi connectivity index (χ1n) is 12.1. The molecular weight excluding hydrogens is 531 g/mol. The molecule has 1 saturated heterocycles. The second-order valence-corrected chi connectivity index (χ2v) is 12.0. The molecule has 2 N–H and O–H groups in total. The fraction of sp³-hybridized carbons (Fsp3) is 0.360. The predicted molar refractivity (Wildman–Crippen MR) is 147 cm³/mol. The summed E-state index contributed by atoms with van der Waals surface area (Å²) in [7, 11) is -1.48. The number of rotatable bonds is 8. The summed E-state index contributed by atoms with van der Waals surface area (Å²) in [6.07, 6.45) is 6.24. The molecule has 38 heavy (non-hydrogen) atoms. The van der Waals surface area contributed by atoms with Crippen LogP contribution in [0.3, 0.4) is 0 Å². The Hall–Kier alpha value is -3.35. The SMILES string of the molecule is CC(C)c1c(F)cc(N2CC(CNS(C)(=O)=O)C2)c2cnc(Nc3ccnc(-c4cn(C)nc4Cl)n3)cc12. The van der Waals surface area contributed by atoms with Gasteiger partial charge < -0.3 is 10.2 Å². The van der Waals surface area contributed by atoms with Gasteiger partial charge in [-0.15, -0.1) is 0 Å². The third kappa shape index (κ3) is 5.42. The summed E-state index contributed by atoms with van der Waals surface area (Å²) in [5.74, 6) is 1.26. The summed E-state index contributed by atoms with van der Waals surface area (Å²) in [4.78, 5) is 15.5. The number of anilines is 3. The van der Waals surface area contributed by atoms with E-state index < -0.39 is 10.0 Å². The normalized spacial score (nSPS) is 14.3. The van der Waals surface area contributed by atoms with E-state index in [1.54, 1.807) is 42.5 Å². The van der Waals surface area contributed by atoms with Crippen molar-refractivity contribution in [2.75, 3.05) is 36.1 Å². The second-order valence-electron chi connectivity index (χ2n) is 9.85. The van der Waals surface area contributed by atoms with Gasteiger partial charge in [-0.3, -0.25) is 4.68 Å². The molecule has 1 fully saturated rings. The molecule has 0 unspecified atom stereocenters. The molecule has 1 aromatic carbocycles. The van der Waals surface area contributed by atoms with E-state index in [0.29, 0.717) is 53.4 Å². The average Bonchev–Trinajstić information content (AvgIpc) is 3.14. The molecule has 0 spiro atoms. The Morgan fingerprint density at radius 3 is 2.61 bits per heavy atom. The minimum Gasteiger partial charge on any atom is -0.370 e. The van der Waals surface area contributed by atoms with E-state index in [1.165, 1.54) is 0 Å². The minimum absolute atomic E-state index is 0.0525. The molecule has 3 aromatic heterocycles. The minimum atomic E-state index is -3.25. The smallest absolute Gasteiger partial charge is 0.208 e. The highest BCUT2D eigenvalue weighted by atomic mass is 35.5. The van der Waals surface area contributed by atoms with E-state index in [2.05, 4.69) is 30.1 Å². The van der Waals surface area contributed by atoms with Gasteiger partial charge in [0.1, 0.15) is 17.5 Å². The number of nitrogens with one attached hydrogen (secondary N) is 2. The van der Waals surface area contributed by atoms with Crippen LogP contribution in [0, 0.1) is 11.7 Å². The Kier molecular flexibility index (Phi) is 6.97. The number of fused-ring (bicyclic) bond motifs is 1. The van der Waals surface area contributed by atoms with Gasteiger partial charge >= 0.3 is 0 Å². The average molecular weight is 559 g/mol. The molecular formula is C25H28ClFN8O2S. The van der Waals surface area contributed by atoms with Gasteiger partial charge in [-0.1, -0.05) is 25.4 Å². The van der Waals surface area contributed by atoms with E-state index in [0.717, 1.165) is 22.7 Å². The van der Waals surface area contributed by atoms with E-state index in [-0.39, 0.29) is 17.7 Å². The van der Waals surface area contributed by atoms with Crippen LogP contribution in [0.1, 0.15) is 25.3 Å². The van der Waals surface area contributed by atoms with Gasteiger partial charge in [-0.05, 0) is 35.1 Å². The lowest BCUT2D eigenvalue weighted by molar-refractivity contribution is 0.407. The molecule has 4 aromatic rings. The fourth-order valence-corrected chi connectivity index (χ4v) is 5.46. The molecule has 1 aliphatic rings. The van der Waals surface area contributed by atoms with Crippen LogP contribution in [-0.4, -0.2) is 59.0 Å². The standard InChI is InChI=1S/C25H28ClFN8O2S/c1-14(2)23-16-7-22(31-21-5-6-28-25(32-21)18-13-34(3)33-24(18)26)29-10-17(16)20(8-19(23)27)35-11-15(12-35)9-30-38(4,36)37/h5-8,10,13-15,30H,9,11-12H2,1-4H3,(H,28,29,31,32). The molecule has 0 amide bonds. The predicted octanol–water partition coefficient (Wildman–Crippen LogP) is 4.07. The molecule has 1 aliphatic heterocycles. The Balaban J connectivity index is 1.45. The van der Waals surface area contributed by atoms with Crippen molar-refractivity contribution in [1.29, 1.82) is 0 Å². The Morgan fingerprint density at radius 1 is 1.18 bits per heavy atom. The highest BCUT2D eigenvalue weighted by Crippen LogP contribution is 2.38. The lowest BCUT2D eigenvalue weighted by Gasteiger charge is -2.41. The lowest BCUT2D eigenvalue weighted by Crippen LogP contribution is -2.51. The quantitative estimate of drug-likeness (QED) is 0.332. The number of hydrogen-bond donors (Lipinski definition) is 2. The molecule has 0 radical (unpaired) electrons. The van der Waals surface area contributed by atoms with Crippen molar-refractivity contribution >= 4 is 49.7 Å². The third-order valence-corrected chi connectivity index (χ3v) is 7.41. The summed E-state index contributed by atoms with van der Waals surface area (Å²) in [6, 6.07) is 5.10. The van der Waals surface area contributed by atoms with Crippen molar-refractivity contribution in [2.24, 2.45) is 13.0 Å². The van der Waals surface area contributed by atoms with Crippen LogP contribution in [0.2, 0.25) is 5.15 Å². The number of benzene rings is 1. The van der Waals surface area contributed by atoms with Crippen LogP contribution in [0.5, 0.6) is 0 Å². The maximum Gasteiger partial charge on any atom is 0.208 e. The van der Waals surface area contributed by atoms with Crippen molar-refractivity contribution < 1.29 is 12.8 Å². The number of sulfonamides is 1. The molecule has 10 nitrogen and oxygen atoms in total. The Morgan fingerprint density at radius 2 is 1.95 bits per heavy atom. The molecule has 4 heterocycles. The first kappa shape index (κ1) is 26.3. The van der Waals surface area contributed by atoms with Gasteiger partial charge in [0.2, 0.25) is 10.0 Å². The second kappa shape index (κ2) is 10.1. The van der Waals surface area contributed by atoms with Crippen LogP contribution < -0.4 is 14.9 Å². The summed E-state index contributed by atoms with van der Waals surface area (Å²) in [5, 5.41) is 9.23. The van der Waals surface area contributed by atoms with E-state index >= 15 is 4.39 Å². The van der Waals surface area contributed by atoms with E-state index in [4.69, 9.17) is 11.6 Å². The lowest BCUT2D eigenvalue weighted by atomic mass is 9.92. The summed E-state index contributed by atoms with van der Waals surface area (Å²) >= 11 is 6.21. The number of pyridine rings is 1. The number of aryl methyl sites for hydroxylation is 1. The zero-order valence-corrected chi connectivity index (χ0v) is 23.0. The van der Waals surface area contributed by atoms with Gasteiger partial charge in [0.15, 0.2) is 11.0 Å². The molecule has 5 rings (SSSR count).